The highest BCUT2D eigenvalue weighted by molar-refractivity contribution is 5.97. The largest absolute Gasteiger partial charge is 0.377 e. The Morgan fingerprint density at radius 1 is 1.19 bits per heavy atom. The Morgan fingerprint density at radius 3 is 2.69 bits per heavy atom. The first-order valence-corrected chi connectivity index (χ1v) is 12.2. The molecule has 11 heteroatoms. The molecule has 1 aromatic carbocycles. The average Bonchev–Trinajstić information content (AvgIpc) is 3.42. The van der Waals surface area contributed by atoms with E-state index in [0.717, 1.165) is 42.3 Å². The van der Waals surface area contributed by atoms with E-state index in [-0.39, 0.29) is 12.1 Å². The van der Waals surface area contributed by atoms with Gasteiger partial charge in [-0.25, -0.2) is 9.78 Å². The predicted molar refractivity (Wildman–Crippen MR) is 141 cm³/mol. The summed E-state index contributed by atoms with van der Waals surface area (Å²) in [5.74, 6) is 2.07. The molecule has 0 saturated carbocycles. The number of nitrogens with zero attached hydrogens (tertiary/aromatic N) is 4. The molecular formula is C25H31N9O2. The van der Waals surface area contributed by atoms with Crippen LogP contribution in [0, 0.1) is 5.41 Å². The van der Waals surface area contributed by atoms with E-state index in [1.165, 1.54) is 6.21 Å². The summed E-state index contributed by atoms with van der Waals surface area (Å²) in [6, 6.07) is 11.6. The number of ether oxygens (including phenoxy) is 1. The van der Waals surface area contributed by atoms with Gasteiger partial charge < -0.3 is 35.9 Å². The monoisotopic (exact) mass is 489 g/mol. The fourth-order valence-electron chi connectivity index (χ4n) is 4.49. The van der Waals surface area contributed by atoms with Gasteiger partial charge >= 0.3 is 6.03 Å². The van der Waals surface area contributed by atoms with Crippen LogP contribution < -0.4 is 20.9 Å². The molecule has 0 unspecified atom stereocenters. The summed E-state index contributed by atoms with van der Waals surface area (Å²) in [5.41, 5.74) is 3.18. The molecule has 188 valence electrons. The zero-order valence-corrected chi connectivity index (χ0v) is 20.3. The number of H-pyrrole nitrogens is 1. The van der Waals surface area contributed by atoms with E-state index in [2.05, 4.69) is 38.0 Å². The van der Waals surface area contributed by atoms with Gasteiger partial charge in [0.25, 0.3) is 0 Å². The van der Waals surface area contributed by atoms with Crippen molar-refractivity contribution in [2.24, 2.45) is 0 Å². The van der Waals surface area contributed by atoms with Crippen LogP contribution in [0.25, 0.3) is 11.1 Å². The Labute approximate surface area is 209 Å². The van der Waals surface area contributed by atoms with Gasteiger partial charge in [0.15, 0.2) is 0 Å². The van der Waals surface area contributed by atoms with E-state index in [1.807, 2.05) is 41.3 Å². The second-order valence-electron chi connectivity index (χ2n) is 8.89. The Kier molecular flexibility index (Phi) is 7.10. The second-order valence-corrected chi connectivity index (χ2v) is 8.89. The van der Waals surface area contributed by atoms with E-state index in [0.29, 0.717) is 43.5 Å². The van der Waals surface area contributed by atoms with Gasteiger partial charge in [0.05, 0.1) is 25.5 Å². The highest BCUT2D eigenvalue weighted by Gasteiger charge is 2.23. The summed E-state index contributed by atoms with van der Waals surface area (Å²) in [6.45, 7) is 7.12. The molecule has 4 heterocycles. The van der Waals surface area contributed by atoms with Crippen LogP contribution in [0.1, 0.15) is 12.5 Å². The number of aromatic nitrogens is 3. The second kappa shape index (κ2) is 10.8. The van der Waals surface area contributed by atoms with Crippen molar-refractivity contribution in [1.82, 2.24) is 25.4 Å². The normalized spacial score (nSPS) is 18.1. The van der Waals surface area contributed by atoms with Crippen LogP contribution in [0.15, 0.2) is 42.6 Å². The van der Waals surface area contributed by atoms with Crippen LogP contribution in [-0.4, -0.2) is 84.3 Å². The summed E-state index contributed by atoms with van der Waals surface area (Å²) < 4.78 is 5.62. The number of urea groups is 1. The third-order valence-electron chi connectivity index (χ3n) is 6.46. The summed E-state index contributed by atoms with van der Waals surface area (Å²) in [4.78, 5) is 21.5. The summed E-state index contributed by atoms with van der Waals surface area (Å²) in [7, 11) is 0. The minimum absolute atomic E-state index is 0.0945. The first kappa shape index (κ1) is 23.8. The first-order chi connectivity index (χ1) is 17.6. The number of benzene rings is 1. The molecule has 0 spiro atoms. The molecule has 5 rings (SSSR count). The number of carbonyl (C=O) groups excluding carboxylic acids is 1. The topological polar surface area (TPSA) is 134 Å². The number of hydrogen-bond donors (Lipinski definition) is 5. The zero-order valence-electron chi connectivity index (χ0n) is 20.3. The van der Waals surface area contributed by atoms with Crippen molar-refractivity contribution in [2.75, 3.05) is 61.5 Å². The molecule has 0 bridgehead atoms. The van der Waals surface area contributed by atoms with E-state index >= 15 is 0 Å². The molecular weight excluding hydrogens is 458 g/mol. The molecule has 11 nitrogen and oxygen atoms in total. The van der Waals surface area contributed by atoms with Crippen LogP contribution in [0.4, 0.5) is 27.9 Å². The predicted octanol–water partition coefficient (Wildman–Crippen LogP) is 2.88. The maximum absolute atomic E-state index is 12.6. The maximum atomic E-state index is 12.6. The SMILES string of the molecule is C[C@@H]1COCCN1c1cc(-c2ccc(NC(=O)N3CCNCC3)cc2)c(C=N)c(Nc2ccn[nH]2)n1. The fourth-order valence-corrected chi connectivity index (χ4v) is 4.49. The molecule has 3 aromatic rings. The summed E-state index contributed by atoms with van der Waals surface area (Å²) in [5, 5.41) is 24.6. The van der Waals surface area contributed by atoms with E-state index in [9.17, 15) is 4.79 Å². The van der Waals surface area contributed by atoms with Crippen LogP contribution in [-0.2, 0) is 4.74 Å². The smallest absolute Gasteiger partial charge is 0.321 e. The van der Waals surface area contributed by atoms with Crippen molar-refractivity contribution < 1.29 is 9.53 Å². The number of amides is 2. The van der Waals surface area contributed by atoms with Gasteiger partial charge in [-0.1, -0.05) is 12.1 Å². The van der Waals surface area contributed by atoms with Gasteiger partial charge in [-0.3, -0.25) is 5.10 Å². The molecule has 36 heavy (non-hydrogen) atoms. The van der Waals surface area contributed by atoms with E-state index in [4.69, 9.17) is 15.1 Å². The number of aromatic amines is 1. The van der Waals surface area contributed by atoms with Gasteiger partial charge in [0.2, 0.25) is 0 Å². The Hall–Kier alpha value is -3.96. The van der Waals surface area contributed by atoms with Gasteiger partial charge in [-0.05, 0) is 36.2 Å². The lowest BCUT2D eigenvalue weighted by Gasteiger charge is -2.35. The van der Waals surface area contributed by atoms with Crippen molar-refractivity contribution in [2.45, 2.75) is 13.0 Å². The molecule has 0 radical (unpaired) electrons. The number of piperazine rings is 1. The van der Waals surface area contributed by atoms with E-state index < -0.39 is 0 Å². The molecule has 2 aliphatic heterocycles. The van der Waals surface area contributed by atoms with Crippen molar-refractivity contribution in [3.05, 3.63) is 48.2 Å². The lowest BCUT2D eigenvalue weighted by Crippen LogP contribution is -2.48. The van der Waals surface area contributed by atoms with Gasteiger partial charge in [-0.15, -0.1) is 0 Å². The quantitative estimate of drug-likeness (QED) is 0.336. The third kappa shape index (κ3) is 5.16. The Bertz CT molecular complexity index is 1190. The molecule has 2 aromatic heterocycles. The van der Waals surface area contributed by atoms with Crippen LogP contribution in [0.2, 0.25) is 0 Å². The number of carbonyl (C=O) groups is 1. The number of morpholine rings is 1. The summed E-state index contributed by atoms with van der Waals surface area (Å²) in [6.07, 6.45) is 2.97. The molecule has 2 saturated heterocycles. The van der Waals surface area contributed by atoms with Crippen molar-refractivity contribution in [3.8, 4) is 11.1 Å². The van der Waals surface area contributed by atoms with Gasteiger partial charge in [0, 0.05) is 56.3 Å². The molecule has 1 atom stereocenters. The minimum Gasteiger partial charge on any atom is -0.377 e. The van der Waals surface area contributed by atoms with Gasteiger partial charge in [-0.2, -0.15) is 5.10 Å². The molecule has 2 fully saturated rings. The van der Waals surface area contributed by atoms with E-state index in [1.54, 1.807) is 6.20 Å². The summed E-state index contributed by atoms with van der Waals surface area (Å²) >= 11 is 0. The third-order valence-corrected chi connectivity index (χ3v) is 6.46. The van der Waals surface area contributed by atoms with Crippen molar-refractivity contribution >= 4 is 35.4 Å². The lowest BCUT2D eigenvalue weighted by molar-refractivity contribution is 0.0985. The number of hydrogen-bond acceptors (Lipinski definition) is 8. The Morgan fingerprint density at radius 2 is 2.00 bits per heavy atom. The minimum atomic E-state index is -0.0945. The van der Waals surface area contributed by atoms with Crippen LogP contribution in [0.3, 0.4) is 0 Å². The molecule has 2 amide bonds. The number of nitrogens with one attached hydrogen (secondary N) is 5. The number of pyridine rings is 1. The highest BCUT2D eigenvalue weighted by atomic mass is 16.5. The number of rotatable bonds is 6. The fraction of sp³-hybridized carbons (Fsp3) is 0.360. The lowest BCUT2D eigenvalue weighted by atomic mass is 10.00. The molecule has 0 aliphatic carbocycles. The zero-order chi connectivity index (χ0) is 24.9. The molecule has 5 N–H and O–H groups in total. The van der Waals surface area contributed by atoms with Gasteiger partial charge in [0.1, 0.15) is 17.5 Å². The first-order valence-electron chi connectivity index (χ1n) is 12.2. The average molecular weight is 490 g/mol. The van der Waals surface area contributed by atoms with Crippen LogP contribution in [0.5, 0.6) is 0 Å². The number of anilines is 4. The standard InChI is InChI=1S/C25H31N9O2/c1-17-16-36-13-12-34(17)23-14-20(21(15-26)24(31-23)30-22-6-7-28-32-22)18-2-4-19(5-3-18)29-25(35)33-10-8-27-9-11-33/h2-7,14-15,17,26-27H,8-13,16H2,1H3,(H,29,35)(H2,28,30,31,32)/t17-/m1/s1. The maximum Gasteiger partial charge on any atom is 0.321 e. The Balaban J connectivity index is 1.47. The molecule has 2 aliphatic rings. The highest BCUT2D eigenvalue weighted by Crippen LogP contribution is 2.34. The van der Waals surface area contributed by atoms with Crippen LogP contribution >= 0.6 is 0 Å². The van der Waals surface area contributed by atoms with Crippen molar-refractivity contribution in [3.63, 3.8) is 0 Å². The van der Waals surface area contributed by atoms with Crippen molar-refractivity contribution in [1.29, 1.82) is 5.41 Å².